The molecule has 0 radical (unpaired) electrons. The van der Waals surface area contributed by atoms with Gasteiger partial charge in [0.05, 0.1) is 10.7 Å². The summed E-state index contributed by atoms with van der Waals surface area (Å²) in [5, 5.41) is 6.31. The zero-order valence-electron chi connectivity index (χ0n) is 12.3. The van der Waals surface area contributed by atoms with Crippen molar-refractivity contribution >= 4 is 42.1 Å². The van der Waals surface area contributed by atoms with Crippen LogP contribution in [0.1, 0.15) is 42.8 Å². The summed E-state index contributed by atoms with van der Waals surface area (Å²) in [6.07, 6.45) is 5.77. The lowest BCUT2D eigenvalue weighted by atomic mass is 10.0. The van der Waals surface area contributed by atoms with E-state index in [4.69, 9.17) is 5.73 Å². The molecule has 2 rings (SSSR count). The number of aromatic nitrogens is 1. The molecule has 0 saturated heterocycles. The fourth-order valence-electron chi connectivity index (χ4n) is 2.74. The minimum absolute atomic E-state index is 0. The summed E-state index contributed by atoms with van der Waals surface area (Å²) in [5.74, 6) is 0.641. The molecule has 1 saturated carbocycles. The van der Waals surface area contributed by atoms with Gasteiger partial charge in [-0.2, -0.15) is 0 Å². The summed E-state index contributed by atoms with van der Waals surface area (Å²) >= 11 is 1.67. The van der Waals surface area contributed by atoms with Gasteiger partial charge in [0, 0.05) is 17.8 Å². The molecule has 1 aliphatic rings. The molecule has 0 bridgehead atoms. The molecule has 1 heterocycles. The van der Waals surface area contributed by atoms with Crippen LogP contribution in [0.5, 0.6) is 0 Å². The van der Waals surface area contributed by atoms with Crippen molar-refractivity contribution in [1.29, 1.82) is 0 Å². The van der Waals surface area contributed by atoms with E-state index in [0.717, 1.165) is 36.4 Å². The Kier molecular flexibility index (Phi) is 10.2. The van der Waals surface area contributed by atoms with E-state index in [1.807, 2.05) is 6.92 Å². The quantitative estimate of drug-likeness (QED) is 0.825. The molecule has 0 aliphatic heterocycles. The normalized spacial score (nSPS) is 20.5. The molecular formula is C14H25Cl2N3OS. The number of thiazole rings is 1. The van der Waals surface area contributed by atoms with Gasteiger partial charge < -0.3 is 11.1 Å². The Morgan fingerprint density at radius 3 is 2.86 bits per heavy atom. The highest BCUT2D eigenvalue weighted by Gasteiger charge is 2.26. The van der Waals surface area contributed by atoms with Crippen LogP contribution in [0.25, 0.3) is 0 Å². The van der Waals surface area contributed by atoms with Gasteiger partial charge in [0.1, 0.15) is 0 Å². The van der Waals surface area contributed by atoms with Gasteiger partial charge in [-0.25, -0.2) is 4.98 Å². The monoisotopic (exact) mass is 353 g/mol. The Bertz CT molecular complexity index is 428. The second-order valence-electron chi connectivity index (χ2n) is 5.31. The Morgan fingerprint density at radius 2 is 2.24 bits per heavy atom. The lowest BCUT2D eigenvalue weighted by Gasteiger charge is -2.19. The number of halogens is 2. The minimum Gasteiger partial charge on any atom is -0.353 e. The summed E-state index contributed by atoms with van der Waals surface area (Å²) in [6, 6.07) is 0.305. The number of amides is 1. The van der Waals surface area contributed by atoms with Crippen molar-refractivity contribution in [3.8, 4) is 0 Å². The Balaban J connectivity index is 0.00000200. The second kappa shape index (κ2) is 10.4. The molecule has 3 N–H and O–H groups in total. The van der Waals surface area contributed by atoms with E-state index < -0.39 is 0 Å². The SMILES string of the molecule is Cc1nc(CCCC(=O)NC2CCCC2CN)cs1.Cl.Cl. The van der Waals surface area contributed by atoms with Crippen LogP contribution in [0, 0.1) is 12.8 Å². The van der Waals surface area contributed by atoms with E-state index in [-0.39, 0.29) is 30.7 Å². The van der Waals surface area contributed by atoms with E-state index >= 15 is 0 Å². The van der Waals surface area contributed by atoms with E-state index in [2.05, 4.69) is 15.7 Å². The van der Waals surface area contributed by atoms with Crippen molar-refractivity contribution in [3.63, 3.8) is 0 Å². The maximum Gasteiger partial charge on any atom is 0.220 e. The van der Waals surface area contributed by atoms with Crippen molar-refractivity contribution in [2.24, 2.45) is 11.7 Å². The predicted molar refractivity (Wildman–Crippen MR) is 92.6 cm³/mol. The first kappa shape index (κ1) is 20.6. The maximum absolute atomic E-state index is 11.9. The van der Waals surface area contributed by atoms with Crippen LogP contribution >= 0.6 is 36.2 Å². The minimum atomic E-state index is 0. The van der Waals surface area contributed by atoms with Crippen molar-refractivity contribution in [2.75, 3.05) is 6.54 Å². The van der Waals surface area contributed by atoms with Crippen LogP contribution in [0.15, 0.2) is 5.38 Å². The van der Waals surface area contributed by atoms with Gasteiger partial charge in [0.15, 0.2) is 0 Å². The maximum atomic E-state index is 11.9. The van der Waals surface area contributed by atoms with E-state index in [9.17, 15) is 4.79 Å². The van der Waals surface area contributed by atoms with Crippen LogP contribution in [0.2, 0.25) is 0 Å². The number of hydrogen-bond acceptors (Lipinski definition) is 4. The number of hydrogen-bond donors (Lipinski definition) is 2. The van der Waals surface area contributed by atoms with Crippen LogP contribution in [-0.2, 0) is 11.2 Å². The number of rotatable bonds is 6. The summed E-state index contributed by atoms with van der Waals surface area (Å²) in [4.78, 5) is 16.3. The average Bonchev–Trinajstić information content (AvgIpc) is 2.98. The summed E-state index contributed by atoms with van der Waals surface area (Å²) in [7, 11) is 0. The largest absolute Gasteiger partial charge is 0.353 e. The third kappa shape index (κ3) is 6.51. The van der Waals surface area contributed by atoms with Gasteiger partial charge in [-0.1, -0.05) is 6.42 Å². The van der Waals surface area contributed by atoms with Crippen LogP contribution in [-0.4, -0.2) is 23.5 Å². The first-order chi connectivity index (χ1) is 9.19. The molecule has 21 heavy (non-hydrogen) atoms. The zero-order valence-corrected chi connectivity index (χ0v) is 14.8. The van der Waals surface area contributed by atoms with Gasteiger partial charge in [-0.15, -0.1) is 36.2 Å². The van der Waals surface area contributed by atoms with Crippen molar-refractivity contribution in [2.45, 2.75) is 51.5 Å². The van der Waals surface area contributed by atoms with Crippen LogP contribution < -0.4 is 11.1 Å². The molecule has 122 valence electrons. The fourth-order valence-corrected chi connectivity index (χ4v) is 3.39. The molecule has 1 aromatic rings. The molecule has 0 spiro atoms. The summed E-state index contributed by atoms with van der Waals surface area (Å²) < 4.78 is 0. The zero-order chi connectivity index (χ0) is 13.7. The molecule has 1 aliphatic carbocycles. The van der Waals surface area contributed by atoms with Crippen LogP contribution in [0.4, 0.5) is 0 Å². The van der Waals surface area contributed by atoms with Gasteiger partial charge in [-0.05, 0) is 45.1 Å². The number of nitrogens with two attached hydrogens (primary N) is 1. The van der Waals surface area contributed by atoms with E-state index in [1.54, 1.807) is 11.3 Å². The smallest absolute Gasteiger partial charge is 0.220 e. The number of carbonyl (C=O) groups excluding carboxylic acids is 1. The number of nitrogens with zero attached hydrogens (tertiary/aromatic N) is 1. The van der Waals surface area contributed by atoms with Gasteiger partial charge in [-0.3, -0.25) is 4.79 Å². The summed E-state index contributed by atoms with van der Waals surface area (Å²) in [6.45, 7) is 2.69. The average molecular weight is 354 g/mol. The van der Waals surface area contributed by atoms with Gasteiger partial charge in [0.2, 0.25) is 5.91 Å². The van der Waals surface area contributed by atoms with E-state index in [1.165, 1.54) is 6.42 Å². The van der Waals surface area contributed by atoms with Gasteiger partial charge >= 0.3 is 0 Å². The number of carbonyl (C=O) groups is 1. The lowest BCUT2D eigenvalue weighted by Crippen LogP contribution is -2.39. The molecular weight excluding hydrogens is 329 g/mol. The Morgan fingerprint density at radius 1 is 1.48 bits per heavy atom. The van der Waals surface area contributed by atoms with Crippen molar-refractivity contribution < 1.29 is 4.79 Å². The molecule has 2 unspecified atom stereocenters. The third-order valence-electron chi connectivity index (χ3n) is 3.81. The molecule has 7 heteroatoms. The molecule has 1 amide bonds. The molecule has 1 aromatic heterocycles. The highest BCUT2D eigenvalue weighted by atomic mass is 35.5. The third-order valence-corrected chi connectivity index (χ3v) is 4.63. The molecule has 2 atom stereocenters. The van der Waals surface area contributed by atoms with E-state index in [0.29, 0.717) is 24.9 Å². The highest BCUT2D eigenvalue weighted by molar-refractivity contribution is 7.09. The predicted octanol–water partition coefficient (Wildman–Crippen LogP) is 2.86. The highest BCUT2D eigenvalue weighted by Crippen LogP contribution is 2.24. The Hall–Kier alpha value is -0.360. The number of aryl methyl sites for hydroxylation is 2. The first-order valence-corrected chi connectivity index (χ1v) is 7.97. The molecule has 0 aromatic carbocycles. The topological polar surface area (TPSA) is 68.0 Å². The Labute approximate surface area is 143 Å². The van der Waals surface area contributed by atoms with Gasteiger partial charge in [0.25, 0.3) is 0 Å². The fraction of sp³-hybridized carbons (Fsp3) is 0.714. The lowest BCUT2D eigenvalue weighted by molar-refractivity contribution is -0.122. The van der Waals surface area contributed by atoms with Crippen molar-refractivity contribution in [1.82, 2.24) is 10.3 Å². The van der Waals surface area contributed by atoms with Crippen LogP contribution in [0.3, 0.4) is 0 Å². The molecule has 1 fully saturated rings. The molecule has 4 nitrogen and oxygen atoms in total. The number of nitrogens with one attached hydrogen (secondary N) is 1. The van der Waals surface area contributed by atoms with Crippen molar-refractivity contribution in [3.05, 3.63) is 16.1 Å². The second-order valence-corrected chi connectivity index (χ2v) is 6.37. The summed E-state index contributed by atoms with van der Waals surface area (Å²) in [5.41, 5.74) is 6.83. The first-order valence-electron chi connectivity index (χ1n) is 7.09. The standard InChI is InChI=1S/C14H23N3OS.2ClH/c1-10-16-12(9-19-10)5-3-7-14(18)17-13-6-2-4-11(13)8-15;;/h9,11,13H,2-8,15H2,1H3,(H,17,18);2*1H.